The average Bonchev–Trinajstić information content (AvgIpc) is 2.81. The van der Waals surface area contributed by atoms with Crippen molar-refractivity contribution in [1.29, 1.82) is 0 Å². The van der Waals surface area contributed by atoms with Gasteiger partial charge >= 0.3 is 0 Å². The summed E-state index contributed by atoms with van der Waals surface area (Å²) in [5.74, 6) is 0.922. The second kappa shape index (κ2) is 25.8. The molecule has 1 atom stereocenters. The van der Waals surface area contributed by atoms with E-state index < -0.39 is 7.82 Å². The first-order valence-corrected chi connectivity index (χ1v) is 16.6. The molecule has 0 rings (SSSR count). The molecule has 0 saturated heterocycles. The summed E-state index contributed by atoms with van der Waals surface area (Å²) in [7, 11) is -1.42. The van der Waals surface area contributed by atoms with E-state index in [9.17, 15) is 9.46 Å². The van der Waals surface area contributed by atoms with Gasteiger partial charge in [0.2, 0.25) is 0 Å². The van der Waals surface area contributed by atoms with Gasteiger partial charge < -0.3 is 42.7 Å². The van der Waals surface area contributed by atoms with Crippen LogP contribution >= 0.6 is 29.4 Å². The highest BCUT2D eigenvalue weighted by atomic mass is 33.1. The number of aliphatic hydroxyl groups is 1. The van der Waals surface area contributed by atoms with Gasteiger partial charge in [0.15, 0.2) is 0 Å². The van der Waals surface area contributed by atoms with E-state index in [-0.39, 0.29) is 31.2 Å². The molecule has 0 aliphatic rings. The zero-order valence-electron chi connectivity index (χ0n) is 22.3. The van der Waals surface area contributed by atoms with Gasteiger partial charge in [-0.25, -0.2) is 0 Å². The number of hydrogen-bond donors (Lipinski definition) is 1. The molecular weight excluding hydrogens is 531 g/mol. The SMILES string of the molecule is CC(C)(C)CCOCCOCCOCCOCCOCCOP(=O)([O-])OCSSCCCCCCO. The van der Waals surface area contributed by atoms with Gasteiger partial charge in [0.05, 0.1) is 66.1 Å². The van der Waals surface area contributed by atoms with Gasteiger partial charge in [-0.1, -0.05) is 55.2 Å². The lowest BCUT2D eigenvalue weighted by Gasteiger charge is -2.22. The Kier molecular flexibility index (Phi) is 26.2. The predicted octanol–water partition coefficient (Wildman–Crippen LogP) is 3.90. The van der Waals surface area contributed by atoms with Crippen LogP contribution in [0.3, 0.4) is 0 Å². The number of hydrogen-bond acceptors (Lipinski definition) is 12. The molecule has 0 radical (unpaired) electrons. The molecule has 1 unspecified atom stereocenters. The summed E-state index contributed by atoms with van der Waals surface area (Å²) in [6.07, 6.45) is 4.95. The van der Waals surface area contributed by atoms with E-state index in [1.54, 1.807) is 10.8 Å². The summed E-state index contributed by atoms with van der Waals surface area (Å²) >= 11 is 0. The Morgan fingerprint density at radius 1 is 0.667 bits per heavy atom. The van der Waals surface area contributed by atoms with Crippen LogP contribution < -0.4 is 4.89 Å². The van der Waals surface area contributed by atoms with E-state index >= 15 is 0 Å². The topological polar surface area (TPSA) is 125 Å². The first-order chi connectivity index (χ1) is 17.3. The quantitative estimate of drug-likeness (QED) is 0.0625. The predicted molar refractivity (Wildman–Crippen MR) is 143 cm³/mol. The Balaban J connectivity index is 3.27. The molecular formula is C23H48O10PS2-. The number of phosphoric acid groups is 1. The minimum absolute atomic E-state index is 0.0110. The highest BCUT2D eigenvalue weighted by Crippen LogP contribution is 2.40. The van der Waals surface area contributed by atoms with Crippen LogP contribution in [0.2, 0.25) is 0 Å². The van der Waals surface area contributed by atoms with Crippen LogP contribution in [0.25, 0.3) is 0 Å². The van der Waals surface area contributed by atoms with Crippen LogP contribution in [0.1, 0.15) is 52.9 Å². The zero-order chi connectivity index (χ0) is 26.8. The number of ether oxygens (including phenoxy) is 5. The highest BCUT2D eigenvalue weighted by molar-refractivity contribution is 8.76. The van der Waals surface area contributed by atoms with Crippen molar-refractivity contribution >= 4 is 29.4 Å². The molecule has 13 heteroatoms. The minimum atomic E-state index is -4.32. The van der Waals surface area contributed by atoms with E-state index in [1.165, 1.54) is 10.8 Å². The number of phosphoric ester groups is 1. The molecule has 0 aliphatic carbocycles. The van der Waals surface area contributed by atoms with Crippen molar-refractivity contribution in [3.05, 3.63) is 0 Å². The maximum absolute atomic E-state index is 11.7. The van der Waals surface area contributed by atoms with E-state index in [4.69, 9.17) is 37.8 Å². The van der Waals surface area contributed by atoms with Crippen molar-refractivity contribution in [1.82, 2.24) is 0 Å². The van der Waals surface area contributed by atoms with Gasteiger partial charge in [0, 0.05) is 19.0 Å². The maximum atomic E-state index is 11.7. The van der Waals surface area contributed by atoms with Crippen molar-refractivity contribution in [2.24, 2.45) is 5.41 Å². The number of unbranched alkanes of at least 4 members (excludes halogenated alkanes) is 3. The number of aliphatic hydroxyl groups excluding tert-OH is 1. The molecule has 36 heavy (non-hydrogen) atoms. The van der Waals surface area contributed by atoms with Crippen LogP contribution in [0.4, 0.5) is 0 Å². The normalized spacial score (nSPS) is 13.8. The summed E-state index contributed by atoms with van der Waals surface area (Å²) < 4.78 is 48.3. The first kappa shape index (κ1) is 36.6. The van der Waals surface area contributed by atoms with Crippen LogP contribution in [0.5, 0.6) is 0 Å². The van der Waals surface area contributed by atoms with E-state index in [0.29, 0.717) is 52.9 Å². The van der Waals surface area contributed by atoms with Gasteiger partial charge in [0.25, 0.3) is 7.82 Å². The van der Waals surface area contributed by atoms with Crippen molar-refractivity contribution in [2.75, 3.05) is 91.0 Å². The molecule has 0 bridgehead atoms. The summed E-state index contributed by atoms with van der Waals surface area (Å²) in [6, 6.07) is 0. The van der Waals surface area contributed by atoms with Crippen LogP contribution in [0.15, 0.2) is 0 Å². The molecule has 0 heterocycles. The maximum Gasteiger partial charge on any atom is 0.268 e. The van der Waals surface area contributed by atoms with Gasteiger partial charge in [-0.2, -0.15) is 0 Å². The van der Waals surface area contributed by atoms with E-state index in [0.717, 1.165) is 44.5 Å². The molecule has 0 spiro atoms. The molecule has 218 valence electrons. The van der Waals surface area contributed by atoms with E-state index in [1.807, 2.05) is 0 Å². The molecule has 0 aromatic rings. The monoisotopic (exact) mass is 579 g/mol. The molecule has 0 amide bonds. The molecule has 0 fully saturated rings. The average molecular weight is 580 g/mol. The summed E-state index contributed by atoms with van der Waals surface area (Å²) in [4.78, 5) is 11.7. The molecule has 10 nitrogen and oxygen atoms in total. The lowest BCUT2D eigenvalue weighted by atomic mass is 9.93. The first-order valence-electron chi connectivity index (χ1n) is 12.6. The fourth-order valence-electron chi connectivity index (χ4n) is 2.41. The third kappa shape index (κ3) is 30.8. The summed E-state index contributed by atoms with van der Waals surface area (Å²) in [5, 5.41) is 8.70. The van der Waals surface area contributed by atoms with Gasteiger partial charge in [-0.3, -0.25) is 4.57 Å². The fraction of sp³-hybridized carbons (Fsp3) is 1.00. The standard InChI is InChI=1S/C23H49O10PS2/c1-23(2,3)8-10-27-11-12-28-13-14-29-15-16-30-17-18-31-19-20-32-34(25,26)33-22-36-35-21-7-5-4-6-9-24/h24H,4-22H2,1-3H3,(H,25,26)/p-1. The Morgan fingerprint density at radius 3 is 1.64 bits per heavy atom. The van der Waals surface area contributed by atoms with E-state index in [2.05, 4.69) is 20.8 Å². The largest absolute Gasteiger partial charge is 0.756 e. The Bertz CT molecular complexity index is 512. The molecule has 0 aliphatic heterocycles. The minimum Gasteiger partial charge on any atom is -0.756 e. The van der Waals surface area contributed by atoms with Crippen molar-refractivity contribution in [2.45, 2.75) is 52.9 Å². The van der Waals surface area contributed by atoms with Gasteiger partial charge in [-0.15, -0.1) is 0 Å². The van der Waals surface area contributed by atoms with Gasteiger partial charge in [-0.05, 0) is 24.7 Å². The van der Waals surface area contributed by atoms with Crippen LogP contribution in [-0.2, 0) is 37.3 Å². The fourth-order valence-corrected chi connectivity index (χ4v) is 5.28. The Hall–Kier alpha value is 0.570. The zero-order valence-corrected chi connectivity index (χ0v) is 24.8. The summed E-state index contributed by atoms with van der Waals surface area (Å²) in [6.45, 7) is 11.4. The smallest absolute Gasteiger partial charge is 0.268 e. The van der Waals surface area contributed by atoms with Crippen molar-refractivity contribution in [3.8, 4) is 0 Å². The summed E-state index contributed by atoms with van der Waals surface area (Å²) in [5.41, 5.74) is 0.288. The second-order valence-corrected chi connectivity index (χ2v) is 12.9. The van der Waals surface area contributed by atoms with Crippen molar-refractivity contribution in [3.63, 3.8) is 0 Å². The number of rotatable bonds is 28. The lowest BCUT2D eigenvalue weighted by molar-refractivity contribution is -0.224. The highest BCUT2D eigenvalue weighted by Gasteiger charge is 2.10. The second-order valence-electron chi connectivity index (χ2n) is 8.98. The third-order valence-electron chi connectivity index (χ3n) is 4.44. The molecule has 0 aromatic heterocycles. The van der Waals surface area contributed by atoms with Crippen LogP contribution in [-0.4, -0.2) is 96.1 Å². The Morgan fingerprint density at radius 2 is 1.14 bits per heavy atom. The molecule has 1 N–H and O–H groups in total. The van der Waals surface area contributed by atoms with Crippen LogP contribution in [0, 0.1) is 5.41 Å². The molecule has 0 saturated carbocycles. The Labute approximate surface area is 225 Å². The van der Waals surface area contributed by atoms with Crippen molar-refractivity contribution < 1.29 is 47.3 Å². The van der Waals surface area contributed by atoms with Gasteiger partial charge in [0.1, 0.15) is 5.94 Å². The third-order valence-corrected chi connectivity index (χ3v) is 7.68. The molecule has 0 aromatic carbocycles. The lowest BCUT2D eigenvalue weighted by Crippen LogP contribution is -2.15.